The van der Waals surface area contributed by atoms with Crippen molar-refractivity contribution in [2.24, 2.45) is 0 Å². The first-order chi connectivity index (χ1) is 12.4. The van der Waals surface area contributed by atoms with Gasteiger partial charge in [0.1, 0.15) is 11.6 Å². The Labute approximate surface area is 145 Å². The maximum Gasteiger partial charge on any atom is 0.322 e. The highest BCUT2D eigenvalue weighted by Crippen LogP contribution is 2.25. The van der Waals surface area contributed by atoms with Crippen LogP contribution in [0.2, 0.25) is 0 Å². The van der Waals surface area contributed by atoms with Crippen LogP contribution >= 0.6 is 0 Å². The molecular formula is C17H14F5N3O. The van der Waals surface area contributed by atoms with Crippen molar-refractivity contribution in [2.75, 3.05) is 36.4 Å². The zero-order valence-electron chi connectivity index (χ0n) is 13.4. The molecule has 2 aromatic carbocycles. The summed E-state index contributed by atoms with van der Waals surface area (Å²) in [6.07, 6.45) is 0. The largest absolute Gasteiger partial charge is 0.366 e. The van der Waals surface area contributed by atoms with Crippen LogP contribution in [0.4, 0.5) is 38.1 Å². The number of carbonyl (C=O) groups is 1. The van der Waals surface area contributed by atoms with E-state index in [2.05, 4.69) is 5.32 Å². The molecule has 0 bridgehead atoms. The van der Waals surface area contributed by atoms with Gasteiger partial charge in [-0.3, -0.25) is 0 Å². The number of piperazine rings is 1. The van der Waals surface area contributed by atoms with E-state index in [1.165, 1.54) is 9.80 Å². The number of carbonyl (C=O) groups excluding carboxylic acids is 1. The summed E-state index contributed by atoms with van der Waals surface area (Å²) in [7, 11) is 0. The van der Waals surface area contributed by atoms with Crippen molar-refractivity contribution in [3.63, 3.8) is 0 Å². The Morgan fingerprint density at radius 3 is 2.19 bits per heavy atom. The molecule has 1 fully saturated rings. The first kappa shape index (κ1) is 18.0. The molecule has 3 rings (SSSR count). The zero-order valence-corrected chi connectivity index (χ0v) is 13.4. The molecule has 138 valence electrons. The fourth-order valence-corrected chi connectivity index (χ4v) is 2.70. The molecule has 0 spiro atoms. The van der Waals surface area contributed by atoms with E-state index in [1.54, 1.807) is 0 Å². The summed E-state index contributed by atoms with van der Waals surface area (Å²) in [5.41, 5.74) is -0.251. The maximum absolute atomic E-state index is 13.8. The summed E-state index contributed by atoms with van der Waals surface area (Å²) in [6, 6.07) is 4.15. The third-order valence-corrected chi connectivity index (χ3v) is 4.10. The van der Waals surface area contributed by atoms with Crippen molar-refractivity contribution in [1.82, 2.24) is 4.90 Å². The van der Waals surface area contributed by atoms with Gasteiger partial charge < -0.3 is 15.1 Å². The van der Waals surface area contributed by atoms with Gasteiger partial charge >= 0.3 is 6.03 Å². The average Bonchev–Trinajstić information content (AvgIpc) is 2.62. The number of hydrogen-bond donors (Lipinski definition) is 1. The summed E-state index contributed by atoms with van der Waals surface area (Å²) in [5.74, 6) is -5.76. The number of hydrogen-bond acceptors (Lipinski definition) is 2. The van der Waals surface area contributed by atoms with Gasteiger partial charge in [-0.25, -0.2) is 26.7 Å². The number of rotatable bonds is 2. The fraction of sp³-hybridized carbons (Fsp3) is 0.235. The second kappa shape index (κ2) is 7.19. The van der Waals surface area contributed by atoms with Crippen molar-refractivity contribution in [3.05, 3.63) is 59.4 Å². The highest BCUT2D eigenvalue weighted by Gasteiger charge is 2.25. The third-order valence-electron chi connectivity index (χ3n) is 4.10. The SMILES string of the molecule is O=C(Nc1ccc(F)cc1F)N1CCN(c2ccc(F)c(F)c2F)CC1. The van der Waals surface area contributed by atoms with Gasteiger partial charge in [0.15, 0.2) is 17.5 Å². The van der Waals surface area contributed by atoms with Crippen LogP contribution in [0.3, 0.4) is 0 Å². The molecule has 0 aromatic heterocycles. The van der Waals surface area contributed by atoms with Gasteiger partial charge in [0.25, 0.3) is 0 Å². The van der Waals surface area contributed by atoms with Gasteiger partial charge in [-0.05, 0) is 24.3 Å². The number of halogens is 5. The standard InChI is InChI=1S/C17H14F5N3O/c18-10-1-3-13(12(20)9-10)23-17(26)25-7-5-24(6-8-25)14-4-2-11(19)15(21)16(14)22/h1-4,9H,5-8H2,(H,23,26). The van der Waals surface area contributed by atoms with Crippen LogP contribution < -0.4 is 10.2 Å². The van der Waals surface area contributed by atoms with Crippen molar-refractivity contribution in [3.8, 4) is 0 Å². The van der Waals surface area contributed by atoms with E-state index in [0.717, 1.165) is 24.3 Å². The van der Waals surface area contributed by atoms with E-state index >= 15 is 0 Å². The Kier molecular flexibility index (Phi) is 4.97. The quantitative estimate of drug-likeness (QED) is 0.645. The Morgan fingerprint density at radius 2 is 1.54 bits per heavy atom. The summed E-state index contributed by atoms with van der Waals surface area (Å²) < 4.78 is 66.7. The fourth-order valence-electron chi connectivity index (χ4n) is 2.70. The summed E-state index contributed by atoms with van der Waals surface area (Å²) >= 11 is 0. The van der Waals surface area contributed by atoms with Crippen LogP contribution in [0.25, 0.3) is 0 Å². The second-order valence-corrected chi connectivity index (χ2v) is 5.72. The highest BCUT2D eigenvalue weighted by atomic mass is 19.2. The predicted molar refractivity (Wildman–Crippen MR) is 85.5 cm³/mol. The molecule has 26 heavy (non-hydrogen) atoms. The Hall–Kier alpha value is -2.84. The number of benzene rings is 2. The molecule has 1 saturated heterocycles. The first-order valence-corrected chi connectivity index (χ1v) is 7.76. The van der Waals surface area contributed by atoms with Crippen molar-refractivity contribution < 1.29 is 26.7 Å². The number of urea groups is 1. The van der Waals surface area contributed by atoms with Gasteiger partial charge in [-0.15, -0.1) is 0 Å². The van der Waals surface area contributed by atoms with E-state index in [-0.39, 0.29) is 37.6 Å². The van der Waals surface area contributed by atoms with E-state index in [1.807, 2.05) is 0 Å². The zero-order chi connectivity index (χ0) is 18.8. The third kappa shape index (κ3) is 3.56. The van der Waals surface area contributed by atoms with Crippen LogP contribution in [0.15, 0.2) is 30.3 Å². The van der Waals surface area contributed by atoms with E-state index in [9.17, 15) is 26.7 Å². The summed E-state index contributed by atoms with van der Waals surface area (Å²) in [5, 5.41) is 2.33. The minimum atomic E-state index is -1.55. The molecule has 0 saturated carbocycles. The summed E-state index contributed by atoms with van der Waals surface area (Å²) in [6.45, 7) is 0.683. The molecular weight excluding hydrogens is 357 g/mol. The molecule has 2 aromatic rings. The lowest BCUT2D eigenvalue weighted by molar-refractivity contribution is 0.208. The van der Waals surface area contributed by atoms with Gasteiger partial charge in [0, 0.05) is 32.2 Å². The Balaban J connectivity index is 1.63. The van der Waals surface area contributed by atoms with Crippen molar-refractivity contribution in [1.29, 1.82) is 0 Å². The number of nitrogens with zero attached hydrogens (tertiary/aromatic N) is 2. The number of anilines is 2. The van der Waals surface area contributed by atoms with Crippen LogP contribution in [0.1, 0.15) is 0 Å². The molecule has 9 heteroatoms. The predicted octanol–water partition coefficient (Wildman–Crippen LogP) is 3.74. The Bertz CT molecular complexity index is 837. The van der Waals surface area contributed by atoms with Gasteiger partial charge in [0.05, 0.1) is 11.4 Å². The molecule has 1 N–H and O–H groups in total. The first-order valence-electron chi connectivity index (χ1n) is 7.76. The minimum Gasteiger partial charge on any atom is -0.366 e. The lowest BCUT2D eigenvalue weighted by Gasteiger charge is -2.36. The van der Waals surface area contributed by atoms with Crippen LogP contribution in [0, 0.1) is 29.1 Å². The Morgan fingerprint density at radius 1 is 0.846 bits per heavy atom. The minimum absolute atomic E-state index is 0.0893. The van der Waals surface area contributed by atoms with Gasteiger partial charge in [0.2, 0.25) is 0 Å². The number of nitrogens with one attached hydrogen (secondary N) is 1. The number of amides is 2. The van der Waals surface area contributed by atoms with Gasteiger partial charge in [-0.1, -0.05) is 0 Å². The van der Waals surface area contributed by atoms with E-state index in [0.29, 0.717) is 6.07 Å². The van der Waals surface area contributed by atoms with Crippen LogP contribution in [-0.4, -0.2) is 37.1 Å². The molecule has 4 nitrogen and oxygen atoms in total. The molecule has 2 amide bonds. The van der Waals surface area contributed by atoms with Crippen LogP contribution in [-0.2, 0) is 0 Å². The van der Waals surface area contributed by atoms with Crippen molar-refractivity contribution in [2.45, 2.75) is 0 Å². The summed E-state index contributed by atoms with van der Waals surface area (Å²) in [4.78, 5) is 15.0. The molecule has 0 radical (unpaired) electrons. The maximum atomic E-state index is 13.8. The van der Waals surface area contributed by atoms with Gasteiger partial charge in [-0.2, -0.15) is 0 Å². The molecule has 1 heterocycles. The molecule has 0 unspecified atom stereocenters. The highest BCUT2D eigenvalue weighted by molar-refractivity contribution is 5.89. The van der Waals surface area contributed by atoms with E-state index < -0.39 is 35.1 Å². The lowest BCUT2D eigenvalue weighted by Crippen LogP contribution is -2.50. The normalized spacial score (nSPS) is 14.5. The smallest absolute Gasteiger partial charge is 0.322 e. The second-order valence-electron chi connectivity index (χ2n) is 5.72. The monoisotopic (exact) mass is 371 g/mol. The average molecular weight is 371 g/mol. The lowest BCUT2D eigenvalue weighted by atomic mass is 10.2. The molecule has 1 aliphatic heterocycles. The van der Waals surface area contributed by atoms with E-state index in [4.69, 9.17) is 0 Å². The van der Waals surface area contributed by atoms with Crippen molar-refractivity contribution >= 4 is 17.4 Å². The van der Waals surface area contributed by atoms with Crippen LogP contribution in [0.5, 0.6) is 0 Å². The molecule has 0 aliphatic carbocycles. The molecule has 1 aliphatic rings. The molecule has 0 atom stereocenters. The topological polar surface area (TPSA) is 35.6 Å².